The molecule has 1 unspecified atom stereocenters. The molecule has 0 spiro atoms. The van der Waals surface area contributed by atoms with Gasteiger partial charge < -0.3 is 5.32 Å². The van der Waals surface area contributed by atoms with Crippen LogP contribution in [0.25, 0.3) is 10.9 Å². The van der Waals surface area contributed by atoms with Crippen molar-refractivity contribution < 1.29 is 0 Å². The van der Waals surface area contributed by atoms with Crippen LogP contribution in [-0.4, -0.2) is 11.5 Å². The average molecular weight is 287 g/mol. The van der Waals surface area contributed by atoms with Crippen LogP contribution in [0.4, 0.5) is 5.69 Å². The Morgan fingerprint density at radius 1 is 1.40 bits per heavy atom. The lowest BCUT2D eigenvalue weighted by atomic mass is 9.94. The Labute approximate surface area is 124 Å². The zero-order valence-electron chi connectivity index (χ0n) is 11.7. The first-order valence-electron chi connectivity index (χ1n) is 7.18. The molecule has 1 heterocycles. The molecular formula is C17H19ClN2. The van der Waals surface area contributed by atoms with E-state index in [0.717, 1.165) is 40.1 Å². The van der Waals surface area contributed by atoms with Crippen LogP contribution in [-0.2, 0) is 0 Å². The Bertz CT molecular complexity index is 649. The van der Waals surface area contributed by atoms with E-state index >= 15 is 0 Å². The van der Waals surface area contributed by atoms with E-state index in [1.807, 2.05) is 18.3 Å². The summed E-state index contributed by atoms with van der Waals surface area (Å²) in [5, 5.41) is 5.45. The molecule has 0 amide bonds. The highest BCUT2D eigenvalue weighted by Gasteiger charge is 2.13. The van der Waals surface area contributed by atoms with Gasteiger partial charge in [0.25, 0.3) is 0 Å². The lowest BCUT2D eigenvalue weighted by Crippen LogP contribution is -2.15. The predicted molar refractivity (Wildman–Crippen MR) is 86.5 cm³/mol. The normalized spacial score (nSPS) is 18.4. The number of hydrogen-bond acceptors (Lipinski definition) is 2. The summed E-state index contributed by atoms with van der Waals surface area (Å²) in [6.45, 7) is 3.02. The number of hydrogen-bond donors (Lipinski definition) is 1. The average Bonchev–Trinajstić information content (AvgIpc) is 2.48. The summed E-state index contributed by atoms with van der Waals surface area (Å²) in [6, 6.07) is 6.05. The van der Waals surface area contributed by atoms with Crippen molar-refractivity contribution in [2.45, 2.75) is 26.2 Å². The Balaban J connectivity index is 1.88. The molecule has 1 aromatic carbocycles. The van der Waals surface area contributed by atoms with Crippen molar-refractivity contribution in [2.24, 2.45) is 5.92 Å². The molecule has 0 aliphatic heterocycles. The Morgan fingerprint density at radius 2 is 2.30 bits per heavy atom. The minimum atomic E-state index is 0.698. The van der Waals surface area contributed by atoms with Gasteiger partial charge in [0, 0.05) is 18.1 Å². The van der Waals surface area contributed by atoms with Crippen LogP contribution in [0.1, 0.15) is 24.8 Å². The summed E-state index contributed by atoms with van der Waals surface area (Å²) in [5.74, 6) is 0.698. The van der Waals surface area contributed by atoms with Gasteiger partial charge in [-0.3, -0.25) is 4.98 Å². The number of pyridine rings is 1. The third-order valence-corrected chi connectivity index (χ3v) is 4.28. The van der Waals surface area contributed by atoms with Gasteiger partial charge in [-0.05, 0) is 55.9 Å². The van der Waals surface area contributed by atoms with E-state index in [1.165, 1.54) is 12.8 Å². The van der Waals surface area contributed by atoms with E-state index in [1.54, 1.807) is 0 Å². The fraction of sp³-hybridized carbons (Fsp3) is 0.353. The van der Waals surface area contributed by atoms with E-state index in [9.17, 15) is 0 Å². The highest BCUT2D eigenvalue weighted by atomic mass is 35.5. The number of nitrogens with zero attached hydrogens (tertiary/aromatic N) is 1. The molecule has 1 N–H and O–H groups in total. The van der Waals surface area contributed by atoms with Gasteiger partial charge in [-0.25, -0.2) is 0 Å². The summed E-state index contributed by atoms with van der Waals surface area (Å²) >= 11 is 6.42. The molecule has 3 rings (SSSR count). The maximum absolute atomic E-state index is 6.42. The van der Waals surface area contributed by atoms with Gasteiger partial charge >= 0.3 is 0 Å². The maximum Gasteiger partial charge on any atom is 0.0752 e. The molecule has 20 heavy (non-hydrogen) atoms. The molecule has 0 bridgehead atoms. The molecule has 2 nitrogen and oxygen atoms in total. The number of nitrogens with one attached hydrogen (secondary N) is 1. The van der Waals surface area contributed by atoms with Gasteiger partial charge in [0.2, 0.25) is 0 Å². The second-order valence-electron chi connectivity index (χ2n) is 5.48. The van der Waals surface area contributed by atoms with E-state index in [2.05, 4.69) is 35.4 Å². The molecule has 0 saturated heterocycles. The number of rotatable bonds is 3. The number of benzene rings is 1. The standard InChI is InChI=1S/C17H19ClN2/c1-12-10-15(18)17(14-8-5-9-19-16(12)14)20-11-13-6-3-2-4-7-13/h2-3,5,8-10,13,20H,4,6-7,11H2,1H3. The van der Waals surface area contributed by atoms with Crippen molar-refractivity contribution in [3.63, 3.8) is 0 Å². The zero-order chi connectivity index (χ0) is 13.9. The predicted octanol–water partition coefficient (Wildman–Crippen LogP) is 4.96. The zero-order valence-corrected chi connectivity index (χ0v) is 12.5. The first-order chi connectivity index (χ1) is 9.75. The van der Waals surface area contributed by atoms with Crippen LogP contribution in [0.2, 0.25) is 5.02 Å². The van der Waals surface area contributed by atoms with Gasteiger partial charge in [-0.1, -0.05) is 23.8 Å². The summed E-state index contributed by atoms with van der Waals surface area (Å²) in [4.78, 5) is 4.47. The van der Waals surface area contributed by atoms with E-state index in [4.69, 9.17) is 11.6 Å². The molecule has 1 aromatic heterocycles. The molecular weight excluding hydrogens is 268 g/mol. The molecule has 1 atom stereocenters. The SMILES string of the molecule is Cc1cc(Cl)c(NCC2CC=CCC2)c2cccnc12. The smallest absolute Gasteiger partial charge is 0.0752 e. The first kappa shape index (κ1) is 13.4. The number of halogens is 1. The lowest BCUT2D eigenvalue weighted by Gasteiger charge is -2.20. The largest absolute Gasteiger partial charge is 0.383 e. The van der Waals surface area contributed by atoms with Crippen LogP contribution in [0.5, 0.6) is 0 Å². The molecule has 0 radical (unpaired) electrons. The van der Waals surface area contributed by atoms with Crippen molar-refractivity contribution in [1.82, 2.24) is 4.98 Å². The Kier molecular flexibility index (Phi) is 3.93. The maximum atomic E-state index is 6.42. The number of aryl methyl sites for hydroxylation is 1. The number of aromatic nitrogens is 1. The molecule has 1 aliphatic carbocycles. The fourth-order valence-corrected chi connectivity index (χ4v) is 3.18. The quantitative estimate of drug-likeness (QED) is 0.806. The minimum Gasteiger partial charge on any atom is -0.383 e. The second kappa shape index (κ2) is 5.84. The molecule has 1 aliphatic rings. The van der Waals surface area contributed by atoms with E-state index < -0.39 is 0 Å². The first-order valence-corrected chi connectivity index (χ1v) is 7.56. The second-order valence-corrected chi connectivity index (χ2v) is 5.89. The van der Waals surface area contributed by atoms with Crippen molar-refractivity contribution in [2.75, 3.05) is 11.9 Å². The van der Waals surface area contributed by atoms with Crippen LogP contribution >= 0.6 is 11.6 Å². The van der Waals surface area contributed by atoms with E-state index in [-0.39, 0.29) is 0 Å². The van der Waals surface area contributed by atoms with Gasteiger partial charge in [0.1, 0.15) is 0 Å². The number of anilines is 1. The molecule has 0 saturated carbocycles. The van der Waals surface area contributed by atoms with Gasteiger partial charge in [-0.15, -0.1) is 0 Å². The topological polar surface area (TPSA) is 24.9 Å². The summed E-state index contributed by atoms with van der Waals surface area (Å²) in [7, 11) is 0. The summed E-state index contributed by atoms with van der Waals surface area (Å²) < 4.78 is 0. The van der Waals surface area contributed by atoms with Gasteiger partial charge in [-0.2, -0.15) is 0 Å². The minimum absolute atomic E-state index is 0.698. The molecule has 0 fully saturated rings. The van der Waals surface area contributed by atoms with Crippen molar-refractivity contribution >= 4 is 28.2 Å². The Morgan fingerprint density at radius 3 is 3.10 bits per heavy atom. The van der Waals surface area contributed by atoms with Crippen LogP contribution in [0.15, 0.2) is 36.5 Å². The molecule has 3 heteroatoms. The molecule has 104 valence electrons. The number of allylic oxidation sites excluding steroid dienone is 2. The van der Waals surface area contributed by atoms with Crippen molar-refractivity contribution in [3.05, 3.63) is 47.1 Å². The third-order valence-electron chi connectivity index (χ3n) is 3.98. The Hall–Kier alpha value is -1.54. The van der Waals surface area contributed by atoms with Crippen LogP contribution < -0.4 is 5.32 Å². The third kappa shape index (κ3) is 2.66. The highest BCUT2D eigenvalue weighted by Crippen LogP contribution is 2.33. The number of fused-ring (bicyclic) bond motifs is 1. The van der Waals surface area contributed by atoms with Gasteiger partial charge in [0.15, 0.2) is 0 Å². The van der Waals surface area contributed by atoms with Crippen LogP contribution in [0, 0.1) is 12.8 Å². The highest BCUT2D eigenvalue weighted by molar-refractivity contribution is 6.35. The lowest BCUT2D eigenvalue weighted by molar-refractivity contribution is 0.504. The van der Waals surface area contributed by atoms with Gasteiger partial charge in [0.05, 0.1) is 16.2 Å². The molecule has 2 aromatic rings. The summed E-state index contributed by atoms with van der Waals surface area (Å²) in [5.41, 5.74) is 3.18. The summed E-state index contributed by atoms with van der Waals surface area (Å²) in [6.07, 6.45) is 9.99. The monoisotopic (exact) mass is 286 g/mol. The van der Waals surface area contributed by atoms with Crippen molar-refractivity contribution in [3.8, 4) is 0 Å². The van der Waals surface area contributed by atoms with Crippen LogP contribution in [0.3, 0.4) is 0 Å². The fourth-order valence-electron chi connectivity index (χ4n) is 2.85. The van der Waals surface area contributed by atoms with Crippen molar-refractivity contribution in [1.29, 1.82) is 0 Å². The van der Waals surface area contributed by atoms with E-state index in [0.29, 0.717) is 5.92 Å².